The predicted molar refractivity (Wildman–Crippen MR) is 92.1 cm³/mol. The molecule has 1 saturated heterocycles. The van der Waals surface area contributed by atoms with Crippen LogP contribution in [0.5, 0.6) is 5.75 Å². The van der Waals surface area contributed by atoms with Crippen molar-refractivity contribution in [3.63, 3.8) is 0 Å². The molecule has 0 radical (unpaired) electrons. The van der Waals surface area contributed by atoms with Crippen LogP contribution in [0.4, 0.5) is 10.5 Å². The number of benzene rings is 1. The highest BCUT2D eigenvalue weighted by Crippen LogP contribution is 2.27. The summed E-state index contributed by atoms with van der Waals surface area (Å²) < 4.78 is 1.81. The van der Waals surface area contributed by atoms with Crippen LogP contribution in [-0.2, 0) is 6.54 Å². The van der Waals surface area contributed by atoms with Crippen LogP contribution in [-0.4, -0.2) is 58.0 Å². The number of para-hydroxylation sites is 2. The zero-order valence-electron chi connectivity index (χ0n) is 13.8. The van der Waals surface area contributed by atoms with Gasteiger partial charge in [-0.15, -0.1) is 0 Å². The van der Waals surface area contributed by atoms with Gasteiger partial charge in [0.1, 0.15) is 5.75 Å². The minimum absolute atomic E-state index is 0.00796. The quantitative estimate of drug-likeness (QED) is 0.892. The number of urea groups is 1. The Bertz CT molecular complexity index is 665. The number of aromatic hydroxyl groups is 1. The molecule has 7 heteroatoms. The number of phenols is 1. The van der Waals surface area contributed by atoms with Crippen molar-refractivity contribution in [1.82, 2.24) is 20.0 Å². The lowest BCUT2D eigenvalue weighted by molar-refractivity contribution is 0.189. The Kier molecular flexibility index (Phi) is 4.88. The summed E-state index contributed by atoms with van der Waals surface area (Å²) >= 11 is 0. The number of carbonyl (C=O) groups excluding carboxylic acids is 1. The molecule has 2 heterocycles. The summed E-state index contributed by atoms with van der Waals surface area (Å²) in [7, 11) is 0. The van der Waals surface area contributed by atoms with Crippen LogP contribution >= 0.6 is 0 Å². The highest BCUT2D eigenvalue weighted by Gasteiger charge is 2.23. The van der Waals surface area contributed by atoms with Gasteiger partial charge in [0, 0.05) is 44.6 Å². The molecule has 0 spiro atoms. The normalized spacial score (nSPS) is 16.0. The third kappa shape index (κ3) is 3.79. The van der Waals surface area contributed by atoms with Crippen molar-refractivity contribution in [3.05, 3.63) is 42.7 Å². The molecule has 1 aromatic heterocycles. The maximum absolute atomic E-state index is 12.4. The molecular formula is C17H23N5O2. The minimum atomic E-state index is -0.0495. The fourth-order valence-corrected chi connectivity index (χ4v) is 2.92. The molecule has 1 aliphatic heterocycles. The number of nitrogens with one attached hydrogen (secondary N) is 1. The standard InChI is InChI=1S/C17H23N5O2/c1-14(13-22-8-4-7-18-22)19-17(24)21-11-9-20(10-12-21)15-5-2-3-6-16(15)23/h2-8,14,23H,9-13H2,1H3,(H,19,24). The number of rotatable bonds is 4. The molecule has 0 bridgehead atoms. The van der Waals surface area contributed by atoms with Gasteiger partial charge in [-0.2, -0.15) is 5.10 Å². The van der Waals surface area contributed by atoms with Crippen molar-refractivity contribution in [1.29, 1.82) is 0 Å². The van der Waals surface area contributed by atoms with Gasteiger partial charge >= 0.3 is 6.03 Å². The largest absolute Gasteiger partial charge is 0.506 e. The number of aromatic nitrogens is 2. The number of anilines is 1. The van der Waals surface area contributed by atoms with Gasteiger partial charge in [-0.25, -0.2) is 4.79 Å². The molecule has 3 rings (SSSR count). The van der Waals surface area contributed by atoms with Crippen LogP contribution in [0.25, 0.3) is 0 Å². The van der Waals surface area contributed by atoms with Gasteiger partial charge in [0.05, 0.1) is 12.2 Å². The van der Waals surface area contributed by atoms with E-state index >= 15 is 0 Å². The number of hydrogen-bond donors (Lipinski definition) is 2. The van der Waals surface area contributed by atoms with Crippen molar-refractivity contribution < 1.29 is 9.90 Å². The van der Waals surface area contributed by atoms with E-state index in [-0.39, 0.29) is 17.8 Å². The Hall–Kier alpha value is -2.70. The molecule has 0 aliphatic carbocycles. The van der Waals surface area contributed by atoms with E-state index in [2.05, 4.69) is 15.3 Å². The number of carbonyl (C=O) groups is 1. The van der Waals surface area contributed by atoms with Crippen molar-refractivity contribution in [2.24, 2.45) is 0 Å². The SMILES string of the molecule is CC(Cn1cccn1)NC(=O)N1CCN(c2ccccc2O)CC1. The zero-order valence-corrected chi connectivity index (χ0v) is 13.8. The number of piperazine rings is 1. The Morgan fingerprint density at radius 3 is 2.67 bits per heavy atom. The zero-order chi connectivity index (χ0) is 16.9. The highest BCUT2D eigenvalue weighted by atomic mass is 16.3. The smallest absolute Gasteiger partial charge is 0.317 e. The van der Waals surface area contributed by atoms with Gasteiger partial charge in [-0.1, -0.05) is 12.1 Å². The van der Waals surface area contributed by atoms with Crippen LogP contribution in [0.3, 0.4) is 0 Å². The number of nitrogens with zero attached hydrogens (tertiary/aromatic N) is 4. The second-order valence-corrected chi connectivity index (χ2v) is 6.04. The van der Waals surface area contributed by atoms with Gasteiger partial charge in [-0.05, 0) is 25.1 Å². The lowest BCUT2D eigenvalue weighted by Crippen LogP contribution is -2.53. The Morgan fingerprint density at radius 2 is 2.00 bits per heavy atom. The molecule has 7 nitrogen and oxygen atoms in total. The number of hydrogen-bond acceptors (Lipinski definition) is 4. The predicted octanol–water partition coefficient (Wildman–Crippen LogP) is 1.51. The van der Waals surface area contributed by atoms with Gasteiger partial charge in [0.2, 0.25) is 0 Å². The van der Waals surface area contributed by atoms with Crippen molar-refractivity contribution in [2.45, 2.75) is 19.5 Å². The molecule has 2 amide bonds. The molecule has 1 fully saturated rings. The molecular weight excluding hydrogens is 306 g/mol. The van der Waals surface area contributed by atoms with Crippen LogP contribution in [0, 0.1) is 0 Å². The fourth-order valence-electron chi connectivity index (χ4n) is 2.92. The second-order valence-electron chi connectivity index (χ2n) is 6.04. The van der Waals surface area contributed by atoms with E-state index in [1.165, 1.54) is 0 Å². The molecule has 128 valence electrons. The Morgan fingerprint density at radius 1 is 1.25 bits per heavy atom. The van der Waals surface area contributed by atoms with Crippen molar-refractivity contribution >= 4 is 11.7 Å². The summed E-state index contributed by atoms with van der Waals surface area (Å²) in [6.45, 7) is 5.30. The molecule has 24 heavy (non-hydrogen) atoms. The molecule has 1 unspecified atom stereocenters. The molecule has 1 aliphatic rings. The fraction of sp³-hybridized carbons (Fsp3) is 0.412. The second kappa shape index (κ2) is 7.25. The van der Waals surface area contributed by atoms with Gasteiger partial charge in [0.25, 0.3) is 0 Å². The first-order valence-corrected chi connectivity index (χ1v) is 8.19. The van der Waals surface area contributed by atoms with E-state index in [9.17, 15) is 9.90 Å². The number of phenolic OH excluding ortho intramolecular Hbond substituents is 1. The molecule has 1 aromatic carbocycles. The minimum Gasteiger partial charge on any atom is -0.506 e. The maximum atomic E-state index is 12.4. The van der Waals surface area contributed by atoms with E-state index < -0.39 is 0 Å². The van der Waals surface area contributed by atoms with Gasteiger partial charge in [0.15, 0.2) is 0 Å². The van der Waals surface area contributed by atoms with E-state index in [0.717, 1.165) is 5.69 Å². The number of amides is 2. The monoisotopic (exact) mass is 329 g/mol. The van der Waals surface area contributed by atoms with E-state index in [1.54, 1.807) is 16.9 Å². The summed E-state index contributed by atoms with van der Waals surface area (Å²) in [5.41, 5.74) is 0.824. The highest BCUT2D eigenvalue weighted by molar-refractivity contribution is 5.75. The third-order valence-electron chi connectivity index (χ3n) is 4.18. The van der Waals surface area contributed by atoms with Crippen LogP contribution in [0.2, 0.25) is 0 Å². The summed E-state index contributed by atoms with van der Waals surface area (Å²) in [6, 6.07) is 9.13. The average Bonchev–Trinajstić information content (AvgIpc) is 3.08. The summed E-state index contributed by atoms with van der Waals surface area (Å²) in [4.78, 5) is 16.3. The van der Waals surface area contributed by atoms with E-state index in [4.69, 9.17) is 0 Å². The van der Waals surface area contributed by atoms with Crippen molar-refractivity contribution in [2.75, 3.05) is 31.1 Å². The molecule has 2 N–H and O–H groups in total. The van der Waals surface area contributed by atoms with Crippen molar-refractivity contribution in [3.8, 4) is 5.75 Å². The Labute approximate surface area is 141 Å². The molecule has 2 aromatic rings. The summed E-state index contributed by atoms with van der Waals surface area (Å²) in [5.74, 6) is 0.281. The van der Waals surface area contributed by atoms with Crippen LogP contribution < -0.4 is 10.2 Å². The lowest BCUT2D eigenvalue weighted by atomic mass is 10.2. The van der Waals surface area contributed by atoms with Gasteiger partial charge < -0.3 is 20.2 Å². The maximum Gasteiger partial charge on any atom is 0.317 e. The van der Waals surface area contributed by atoms with E-state index in [1.807, 2.05) is 42.3 Å². The molecule has 1 atom stereocenters. The Balaban J connectivity index is 1.49. The van der Waals surface area contributed by atoms with Crippen LogP contribution in [0.1, 0.15) is 6.92 Å². The first-order chi connectivity index (χ1) is 11.6. The molecule has 0 saturated carbocycles. The summed E-state index contributed by atoms with van der Waals surface area (Å²) in [5, 5.41) is 17.1. The third-order valence-corrected chi connectivity index (χ3v) is 4.18. The summed E-state index contributed by atoms with van der Waals surface area (Å²) in [6.07, 6.45) is 3.61. The topological polar surface area (TPSA) is 73.6 Å². The van der Waals surface area contributed by atoms with Gasteiger partial charge in [-0.3, -0.25) is 4.68 Å². The van der Waals surface area contributed by atoms with Crippen LogP contribution in [0.15, 0.2) is 42.7 Å². The first kappa shape index (κ1) is 16.2. The van der Waals surface area contributed by atoms with E-state index in [0.29, 0.717) is 32.7 Å². The lowest BCUT2D eigenvalue weighted by Gasteiger charge is -2.36. The average molecular weight is 329 g/mol. The first-order valence-electron chi connectivity index (χ1n) is 8.19.